The first-order valence-electron chi connectivity index (χ1n) is 6.66. The lowest BCUT2D eigenvalue weighted by molar-refractivity contribution is 0.253. The first kappa shape index (κ1) is 12.0. The van der Waals surface area contributed by atoms with Gasteiger partial charge in [0.25, 0.3) is 0 Å². The maximum atomic E-state index is 6.37. The molecule has 2 heteroatoms. The molecule has 16 heavy (non-hydrogen) atoms. The van der Waals surface area contributed by atoms with Crippen molar-refractivity contribution in [1.29, 1.82) is 0 Å². The Kier molecular flexibility index (Phi) is 3.89. The number of hydrogen-bond donors (Lipinski definition) is 1. The Morgan fingerprint density at radius 1 is 1.31 bits per heavy atom. The van der Waals surface area contributed by atoms with Gasteiger partial charge in [0.1, 0.15) is 0 Å². The largest absolute Gasteiger partial charge is 0.325 e. The predicted octanol–water partition coefficient (Wildman–Crippen LogP) is 1.99. The van der Waals surface area contributed by atoms with Crippen molar-refractivity contribution in [3.8, 4) is 12.3 Å². The van der Waals surface area contributed by atoms with E-state index in [1.54, 1.807) is 0 Å². The highest BCUT2D eigenvalue weighted by atomic mass is 15.1. The lowest BCUT2D eigenvalue weighted by atomic mass is 9.94. The van der Waals surface area contributed by atoms with Gasteiger partial charge in [-0.3, -0.25) is 4.90 Å². The highest BCUT2D eigenvalue weighted by Crippen LogP contribution is 2.32. The van der Waals surface area contributed by atoms with E-state index in [-0.39, 0.29) is 5.54 Å². The van der Waals surface area contributed by atoms with Crippen molar-refractivity contribution in [2.24, 2.45) is 11.7 Å². The van der Waals surface area contributed by atoms with E-state index >= 15 is 0 Å². The smallest absolute Gasteiger partial charge is 0.0599 e. The Balaban J connectivity index is 1.73. The molecule has 0 radical (unpaired) electrons. The van der Waals surface area contributed by atoms with Crippen molar-refractivity contribution >= 4 is 0 Å². The quantitative estimate of drug-likeness (QED) is 0.694. The van der Waals surface area contributed by atoms with E-state index in [2.05, 4.69) is 10.8 Å². The summed E-state index contributed by atoms with van der Waals surface area (Å²) in [4.78, 5) is 2.42. The van der Waals surface area contributed by atoms with Crippen molar-refractivity contribution in [2.45, 2.75) is 50.5 Å². The van der Waals surface area contributed by atoms with Crippen LogP contribution in [0.25, 0.3) is 0 Å². The molecule has 2 aliphatic carbocycles. The minimum atomic E-state index is 0.121. The number of nitrogens with zero attached hydrogens (tertiary/aromatic N) is 1. The second-order valence-electron chi connectivity index (χ2n) is 5.70. The molecule has 2 aliphatic rings. The lowest BCUT2D eigenvalue weighted by Crippen LogP contribution is -2.41. The van der Waals surface area contributed by atoms with Crippen LogP contribution in [0, 0.1) is 18.3 Å². The minimum Gasteiger partial charge on any atom is -0.325 e. The molecule has 0 aliphatic heterocycles. The van der Waals surface area contributed by atoms with Crippen LogP contribution in [0.3, 0.4) is 0 Å². The zero-order valence-corrected chi connectivity index (χ0v) is 10.3. The Hall–Kier alpha value is -0.520. The van der Waals surface area contributed by atoms with Gasteiger partial charge in [-0.25, -0.2) is 0 Å². The second-order valence-corrected chi connectivity index (χ2v) is 5.70. The minimum absolute atomic E-state index is 0.121. The molecular weight excluding hydrogens is 196 g/mol. The van der Waals surface area contributed by atoms with E-state index in [4.69, 9.17) is 12.2 Å². The molecule has 2 saturated carbocycles. The van der Waals surface area contributed by atoms with Crippen molar-refractivity contribution in [2.75, 3.05) is 19.6 Å². The average molecular weight is 220 g/mol. The molecule has 0 spiro atoms. The molecule has 2 rings (SSSR count). The topological polar surface area (TPSA) is 29.3 Å². The summed E-state index contributed by atoms with van der Waals surface area (Å²) < 4.78 is 0. The van der Waals surface area contributed by atoms with Crippen molar-refractivity contribution in [3.05, 3.63) is 0 Å². The summed E-state index contributed by atoms with van der Waals surface area (Å²) in [6.45, 7) is 3.09. The molecule has 2 nitrogen and oxygen atoms in total. The third-order valence-electron chi connectivity index (χ3n) is 4.05. The lowest BCUT2D eigenvalue weighted by Gasteiger charge is -2.28. The van der Waals surface area contributed by atoms with E-state index in [1.807, 2.05) is 0 Å². The zero-order chi connectivity index (χ0) is 11.4. The standard InChI is InChI=1S/C14H24N2/c1-2-10-16(12-13-5-6-13)11-9-14(15)7-3-4-8-14/h1,13H,3-12,15H2. The summed E-state index contributed by atoms with van der Waals surface area (Å²) in [7, 11) is 0. The third kappa shape index (κ3) is 3.50. The molecule has 0 aromatic carbocycles. The van der Waals surface area contributed by atoms with Crippen molar-refractivity contribution in [1.82, 2.24) is 4.90 Å². The van der Waals surface area contributed by atoms with Gasteiger partial charge >= 0.3 is 0 Å². The van der Waals surface area contributed by atoms with Crippen LogP contribution in [0.1, 0.15) is 44.9 Å². The van der Waals surface area contributed by atoms with E-state index in [0.29, 0.717) is 0 Å². The molecular formula is C14H24N2. The molecule has 90 valence electrons. The molecule has 2 fully saturated rings. The molecule has 0 saturated heterocycles. The Morgan fingerprint density at radius 2 is 2.00 bits per heavy atom. The van der Waals surface area contributed by atoms with Crippen LogP contribution < -0.4 is 5.73 Å². The van der Waals surface area contributed by atoms with Gasteiger partial charge in [-0.15, -0.1) is 6.42 Å². The predicted molar refractivity (Wildman–Crippen MR) is 68.0 cm³/mol. The summed E-state index contributed by atoms with van der Waals surface area (Å²) >= 11 is 0. The number of hydrogen-bond acceptors (Lipinski definition) is 2. The van der Waals surface area contributed by atoms with Crippen LogP contribution in [-0.2, 0) is 0 Å². The number of terminal acetylenes is 1. The zero-order valence-electron chi connectivity index (χ0n) is 10.3. The maximum Gasteiger partial charge on any atom is 0.0599 e. The molecule has 0 amide bonds. The number of rotatable bonds is 6. The van der Waals surface area contributed by atoms with E-state index < -0.39 is 0 Å². The summed E-state index contributed by atoms with van der Waals surface area (Å²) in [6.07, 6.45) is 14.4. The monoisotopic (exact) mass is 220 g/mol. The summed E-state index contributed by atoms with van der Waals surface area (Å²) in [6, 6.07) is 0. The van der Waals surface area contributed by atoms with Gasteiger partial charge in [0.05, 0.1) is 6.54 Å². The van der Waals surface area contributed by atoms with Crippen LogP contribution in [0.15, 0.2) is 0 Å². The molecule has 0 bridgehead atoms. The second kappa shape index (κ2) is 5.21. The molecule has 2 N–H and O–H groups in total. The summed E-state index contributed by atoms with van der Waals surface area (Å²) in [5.74, 6) is 3.70. The molecule has 0 heterocycles. The fourth-order valence-electron chi connectivity index (χ4n) is 2.74. The fourth-order valence-corrected chi connectivity index (χ4v) is 2.74. The van der Waals surface area contributed by atoms with Gasteiger partial charge in [-0.1, -0.05) is 18.8 Å². The molecule has 0 aromatic rings. The van der Waals surface area contributed by atoms with Crippen LogP contribution in [0.4, 0.5) is 0 Å². The molecule has 0 unspecified atom stereocenters. The average Bonchev–Trinajstić information content (AvgIpc) is 2.97. The normalized spacial score (nSPS) is 23.6. The van der Waals surface area contributed by atoms with Gasteiger partial charge in [0.15, 0.2) is 0 Å². The van der Waals surface area contributed by atoms with Gasteiger partial charge in [0, 0.05) is 18.6 Å². The van der Waals surface area contributed by atoms with Crippen LogP contribution in [0.2, 0.25) is 0 Å². The van der Waals surface area contributed by atoms with Gasteiger partial charge in [-0.2, -0.15) is 0 Å². The first-order valence-corrected chi connectivity index (χ1v) is 6.66. The molecule has 0 atom stereocenters. The van der Waals surface area contributed by atoms with Crippen molar-refractivity contribution in [3.63, 3.8) is 0 Å². The summed E-state index contributed by atoms with van der Waals surface area (Å²) in [5.41, 5.74) is 6.49. The van der Waals surface area contributed by atoms with Crippen molar-refractivity contribution < 1.29 is 0 Å². The van der Waals surface area contributed by atoms with E-state index in [1.165, 1.54) is 45.1 Å². The Bertz CT molecular complexity index is 256. The van der Waals surface area contributed by atoms with Crippen LogP contribution in [0.5, 0.6) is 0 Å². The highest BCUT2D eigenvalue weighted by Gasteiger charge is 2.30. The van der Waals surface area contributed by atoms with Crippen LogP contribution >= 0.6 is 0 Å². The van der Waals surface area contributed by atoms with Gasteiger partial charge < -0.3 is 5.73 Å². The summed E-state index contributed by atoms with van der Waals surface area (Å²) in [5, 5.41) is 0. The third-order valence-corrected chi connectivity index (χ3v) is 4.05. The van der Waals surface area contributed by atoms with Gasteiger partial charge in [0.2, 0.25) is 0 Å². The molecule has 0 aromatic heterocycles. The fraction of sp³-hybridized carbons (Fsp3) is 0.857. The van der Waals surface area contributed by atoms with Crippen LogP contribution in [-0.4, -0.2) is 30.1 Å². The first-order chi connectivity index (χ1) is 7.72. The Morgan fingerprint density at radius 3 is 2.56 bits per heavy atom. The van der Waals surface area contributed by atoms with E-state index in [9.17, 15) is 0 Å². The van der Waals surface area contributed by atoms with Gasteiger partial charge in [-0.05, 0) is 38.0 Å². The van der Waals surface area contributed by atoms with E-state index in [0.717, 1.165) is 25.4 Å². The Labute approximate surface area is 99.6 Å². The highest BCUT2D eigenvalue weighted by molar-refractivity contribution is 4.93. The SMILES string of the molecule is C#CCN(CCC1(N)CCCC1)CC1CC1. The maximum absolute atomic E-state index is 6.37. The number of nitrogens with two attached hydrogens (primary N) is 1.